The van der Waals surface area contributed by atoms with Crippen molar-refractivity contribution < 1.29 is 0 Å². The third-order valence-electron chi connectivity index (χ3n) is 1.39. The molecule has 0 aromatic carbocycles. The number of hydrogen-bond donors (Lipinski definition) is 1. The lowest BCUT2D eigenvalue weighted by molar-refractivity contribution is 0.951. The largest absolute Gasteiger partial charge is 0.364 e. The van der Waals surface area contributed by atoms with Crippen LogP contribution >= 0.6 is 23.5 Å². The van der Waals surface area contributed by atoms with Crippen LogP contribution < -0.4 is 5.32 Å². The molecule has 0 fully saturated rings. The van der Waals surface area contributed by atoms with E-state index >= 15 is 0 Å². The molecular formula is C7H14N2S2. The maximum absolute atomic E-state index is 4.35. The third kappa shape index (κ3) is 3.38. The maximum Gasteiger partial charge on any atom is 0.156 e. The molecule has 1 heterocycles. The molecular weight excluding hydrogens is 176 g/mol. The predicted octanol–water partition coefficient (Wildman–Crippen LogP) is 1.43. The van der Waals surface area contributed by atoms with Crippen LogP contribution in [-0.2, 0) is 0 Å². The van der Waals surface area contributed by atoms with Crippen molar-refractivity contribution in [2.75, 3.05) is 25.1 Å². The Labute approximate surface area is 76.6 Å². The van der Waals surface area contributed by atoms with Gasteiger partial charge in [-0.25, -0.2) is 0 Å². The van der Waals surface area contributed by atoms with E-state index in [1.165, 1.54) is 0 Å². The van der Waals surface area contributed by atoms with E-state index in [9.17, 15) is 0 Å². The van der Waals surface area contributed by atoms with Gasteiger partial charge in [0, 0.05) is 17.5 Å². The Bertz CT molecular complexity index is 147. The molecule has 0 saturated heterocycles. The summed E-state index contributed by atoms with van der Waals surface area (Å²) in [5.74, 6) is 1.16. The van der Waals surface area contributed by atoms with Crippen LogP contribution in [0, 0.1) is 0 Å². The van der Waals surface area contributed by atoms with Crippen molar-refractivity contribution >= 4 is 28.7 Å². The summed E-state index contributed by atoms with van der Waals surface area (Å²) in [4.78, 5) is 4.35. The van der Waals surface area contributed by atoms with Gasteiger partial charge in [0.25, 0.3) is 0 Å². The van der Waals surface area contributed by atoms with Crippen LogP contribution in [0.2, 0.25) is 0 Å². The Hall–Kier alpha value is 0.170. The average molecular weight is 190 g/mol. The van der Waals surface area contributed by atoms with Crippen molar-refractivity contribution in [3.8, 4) is 0 Å². The average Bonchev–Trinajstić information content (AvgIpc) is 2.37. The SMILES string of the molecule is CSCCNC1=NCC(C)S1. The molecule has 0 bridgehead atoms. The second kappa shape index (κ2) is 4.93. The Kier molecular flexibility index (Phi) is 4.15. The first-order valence-electron chi connectivity index (χ1n) is 3.77. The van der Waals surface area contributed by atoms with Gasteiger partial charge in [-0.1, -0.05) is 18.7 Å². The molecule has 0 saturated carbocycles. The van der Waals surface area contributed by atoms with Gasteiger partial charge in [-0.15, -0.1) is 0 Å². The summed E-state index contributed by atoms with van der Waals surface area (Å²) in [6, 6.07) is 0. The summed E-state index contributed by atoms with van der Waals surface area (Å²) >= 11 is 3.70. The zero-order valence-corrected chi connectivity index (χ0v) is 8.60. The quantitative estimate of drug-likeness (QED) is 0.681. The molecule has 1 aliphatic heterocycles. The number of aliphatic imine (C=N–C) groups is 1. The molecule has 0 amide bonds. The molecule has 64 valence electrons. The van der Waals surface area contributed by atoms with Gasteiger partial charge in [-0.3, -0.25) is 4.99 Å². The maximum atomic E-state index is 4.35. The Balaban J connectivity index is 2.08. The molecule has 1 unspecified atom stereocenters. The molecule has 0 aromatic heterocycles. The number of thioether (sulfide) groups is 2. The fourth-order valence-electron chi connectivity index (χ4n) is 0.834. The van der Waals surface area contributed by atoms with Crippen LogP contribution in [-0.4, -0.2) is 35.5 Å². The topological polar surface area (TPSA) is 24.4 Å². The van der Waals surface area contributed by atoms with Gasteiger partial charge in [0.15, 0.2) is 5.17 Å². The molecule has 0 aromatic rings. The van der Waals surface area contributed by atoms with Crippen molar-refractivity contribution in [2.45, 2.75) is 12.2 Å². The second-order valence-corrected chi connectivity index (χ2v) is 4.91. The van der Waals surface area contributed by atoms with Crippen LogP contribution in [0.4, 0.5) is 0 Å². The highest BCUT2D eigenvalue weighted by atomic mass is 32.2. The first-order chi connectivity index (χ1) is 5.33. The van der Waals surface area contributed by atoms with Crippen molar-refractivity contribution in [3.05, 3.63) is 0 Å². The van der Waals surface area contributed by atoms with Crippen molar-refractivity contribution in [1.29, 1.82) is 0 Å². The summed E-state index contributed by atoms with van der Waals surface area (Å²) in [7, 11) is 0. The minimum absolute atomic E-state index is 0.673. The van der Waals surface area contributed by atoms with Gasteiger partial charge in [0.05, 0.1) is 6.54 Å². The lowest BCUT2D eigenvalue weighted by Crippen LogP contribution is -2.21. The zero-order chi connectivity index (χ0) is 8.10. The van der Waals surface area contributed by atoms with E-state index in [0.717, 1.165) is 24.0 Å². The van der Waals surface area contributed by atoms with E-state index in [-0.39, 0.29) is 0 Å². The monoisotopic (exact) mass is 190 g/mol. The van der Waals surface area contributed by atoms with Gasteiger partial charge in [-0.05, 0) is 6.26 Å². The Morgan fingerprint density at radius 2 is 2.64 bits per heavy atom. The lowest BCUT2D eigenvalue weighted by atomic mass is 10.5. The van der Waals surface area contributed by atoms with Gasteiger partial charge in [0.2, 0.25) is 0 Å². The Morgan fingerprint density at radius 1 is 1.82 bits per heavy atom. The Morgan fingerprint density at radius 3 is 3.18 bits per heavy atom. The highest BCUT2D eigenvalue weighted by Crippen LogP contribution is 2.18. The normalized spacial score (nSPS) is 23.5. The molecule has 11 heavy (non-hydrogen) atoms. The number of nitrogens with zero attached hydrogens (tertiary/aromatic N) is 1. The van der Waals surface area contributed by atoms with E-state index in [1.807, 2.05) is 23.5 Å². The first-order valence-corrected chi connectivity index (χ1v) is 6.04. The van der Waals surface area contributed by atoms with Gasteiger partial charge in [0.1, 0.15) is 0 Å². The lowest BCUT2D eigenvalue weighted by Gasteiger charge is -2.03. The molecule has 1 rings (SSSR count). The molecule has 1 N–H and O–H groups in total. The summed E-state index contributed by atoms with van der Waals surface area (Å²) in [6.07, 6.45) is 2.12. The van der Waals surface area contributed by atoms with Crippen molar-refractivity contribution in [3.63, 3.8) is 0 Å². The highest BCUT2D eigenvalue weighted by Gasteiger charge is 2.13. The van der Waals surface area contributed by atoms with Crippen LogP contribution in [0.15, 0.2) is 4.99 Å². The number of hydrogen-bond acceptors (Lipinski definition) is 4. The van der Waals surface area contributed by atoms with Crippen molar-refractivity contribution in [2.24, 2.45) is 4.99 Å². The predicted molar refractivity (Wildman–Crippen MR) is 55.7 cm³/mol. The number of rotatable bonds is 3. The van der Waals surface area contributed by atoms with E-state index in [0.29, 0.717) is 5.25 Å². The van der Waals surface area contributed by atoms with Crippen LogP contribution in [0.1, 0.15) is 6.92 Å². The third-order valence-corrected chi connectivity index (χ3v) is 3.05. The van der Waals surface area contributed by atoms with Crippen LogP contribution in [0.5, 0.6) is 0 Å². The van der Waals surface area contributed by atoms with E-state index in [1.54, 1.807) is 0 Å². The molecule has 0 radical (unpaired) electrons. The second-order valence-electron chi connectivity index (χ2n) is 2.49. The minimum Gasteiger partial charge on any atom is -0.364 e. The smallest absolute Gasteiger partial charge is 0.156 e. The molecule has 0 aliphatic carbocycles. The molecule has 0 spiro atoms. The van der Waals surface area contributed by atoms with E-state index < -0.39 is 0 Å². The summed E-state index contributed by atoms with van der Waals surface area (Å²) < 4.78 is 0. The molecule has 1 aliphatic rings. The van der Waals surface area contributed by atoms with E-state index in [4.69, 9.17) is 0 Å². The summed E-state index contributed by atoms with van der Waals surface area (Å²) in [6.45, 7) is 4.23. The summed E-state index contributed by atoms with van der Waals surface area (Å²) in [5, 5.41) is 5.11. The summed E-state index contributed by atoms with van der Waals surface area (Å²) in [5.41, 5.74) is 0. The van der Waals surface area contributed by atoms with E-state index in [2.05, 4.69) is 23.5 Å². The van der Waals surface area contributed by atoms with Gasteiger partial charge < -0.3 is 5.32 Å². The minimum atomic E-state index is 0.673. The highest BCUT2D eigenvalue weighted by molar-refractivity contribution is 8.14. The van der Waals surface area contributed by atoms with Crippen molar-refractivity contribution in [1.82, 2.24) is 5.32 Å². The molecule has 1 atom stereocenters. The zero-order valence-electron chi connectivity index (χ0n) is 6.96. The molecule has 4 heteroatoms. The fraction of sp³-hybridized carbons (Fsp3) is 0.857. The van der Waals surface area contributed by atoms with Gasteiger partial charge in [-0.2, -0.15) is 11.8 Å². The van der Waals surface area contributed by atoms with Crippen LogP contribution in [0.25, 0.3) is 0 Å². The van der Waals surface area contributed by atoms with Gasteiger partial charge >= 0.3 is 0 Å². The number of nitrogens with one attached hydrogen (secondary N) is 1. The van der Waals surface area contributed by atoms with Crippen LogP contribution in [0.3, 0.4) is 0 Å². The fourth-order valence-corrected chi connectivity index (χ4v) is 2.01. The number of amidine groups is 1. The first kappa shape index (κ1) is 9.26. The molecule has 2 nitrogen and oxygen atoms in total. The standard InChI is InChI=1S/C7H14N2S2/c1-6-5-9-7(11-6)8-3-4-10-2/h6H,3-5H2,1-2H3,(H,8,9).